The third-order valence-electron chi connectivity index (χ3n) is 8.65. The minimum atomic E-state index is -3.76. The van der Waals surface area contributed by atoms with E-state index in [4.69, 9.17) is 0 Å². The minimum absolute atomic E-state index is 0.0113. The topological polar surface area (TPSA) is 100 Å². The SMILES string of the molecule is C=C(O)C1CC(NC(=O)c2cc(-c3ccc(S(=O)(=O)NC(C)(C)C)c4ccccc34)c(CC3CCCCC3)n2C)C1. The molecule has 0 bridgehead atoms. The van der Waals surface area contributed by atoms with Crippen LogP contribution in [0.1, 0.15) is 81.9 Å². The molecular weight excluding hydrogens is 534 g/mol. The van der Waals surface area contributed by atoms with Crippen molar-refractivity contribution >= 4 is 26.7 Å². The van der Waals surface area contributed by atoms with E-state index in [0.29, 0.717) is 29.8 Å². The first-order valence-electron chi connectivity index (χ1n) is 14.8. The summed E-state index contributed by atoms with van der Waals surface area (Å²) in [6, 6.07) is 13.2. The van der Waals surface area contributed by atoms with Crippen molar-refractivity contribution in [2.24, 2.45) is 18.9 Å². The van der Waals surface area contributed by atoms with Crippen LogP contribution in [0.4, 0.5) is 0 Å². The Hall–Kier alpha value is -3.10. The van der Waals surface area contributed by atoms with Gasteiger partial charge in [-0.2, -0.15) is 0 Å². The summed E-state index contributed by atoms with van der Waals surface area (Å²) in [6.45, 7) is 9.12. The van der Waals surface area contributed by atoms with Gasteiger partial charge in [0.15, 0.2) is 0 Å². The van der Waals surface area contributed by atoms with Gasteiger partial charge in [-0.25, -0.2) is 13.1 Å². The Labute approximate surface area is 244 Å². The number of aliphatic hydroxyl groups excluding tert-OH is 1. The van der Waals surface area contributed by atoms with Gasteiger partial charge < -0.3 is 15.0 Å². The summed E-state index contributed by atoms with van der Waals surface area (Å²) in [4.78, 5) is 13.8. The Balaban J connectivity index is 1.57. The lowest BCUT2D eigenvalue weighted by atomic mass is 9.79. The highest BCUT2D eigenvalue weighted by Gasteiger charge is 2.33. The number of hydrogen-bond acceptors (Lipinski definition) is 4. The van der Waals surface area contributed by atoms with E-state index in [1.807, 2.05) is 68.8 Å². The standard InChI is InChI=1S/C33H43N3O4S/c1-21(37)23-18-24(19-23)34-32(38)30-20-28(29(36(30)5)17-22-11-7-6-8-12-22)26-15-16-31(27-14-10-9-13-25(26)27)41(39,40)35-33(2,3)4/h9-10,13-16,20,22-24,35,37H,1,6-8,11-12,17-19H2,2-5H3,(H,34,38). The minimum Gasteiger partial charge on any atom is -0.513 e. The maximum atomic E-state index is 13.5. The average molecular weight is 578 g/mol. The van der Waals surface area contributed by atoms with Gasteiger partial charge in [0.05, 0.1) is 10.7 Å². The number of sulfonamides is 1. The number of fused-ring (bicyclic) bond motifs is 1. The van der Waals surface area contributed by atoms with Crippen LogP contribution in [0.25, 0.3) is 21.9 Å². The predicted octanol–water partition coefficient (Wildman–Crippen LogP) is 6.63. The van der Waals surface area contributed by atoms with Gasteiger partial charge in [0.2, 0.25) is 10.0 Å². The highest BCUT2D eigenvalue weighted by atomic mass is 32.2. The Morgan fingerprint density at radius 1 is 1.02 bits per heavy atom. The molecule has 2 aliphatic rings. The molecule has 2 saturated carbocycles. The smallest absolute Gasteiger partial charge is 0.268 e. The van der Waals surface area contributed by atoms with E-state index in [2.05, 4.69) is 16.6 Å². The summed E-state index contributed by atoms with van der Waals surface area (Å²) in [5.74, 6) is 0.645. The zero-order valence-corrected chi connectivity index (χ0v) is 25.5. The molecule has 5 rings (SSSR count). The first kappa shape index (κ1) is 29.4. The van der Waals surface area contributed by atoms with Crippen molar-refractivity contribution in [1.82, 2.24) is 14.6 Å². The number of nitrogens with one attached hydrogen (secondary N) is 2. The Morgan fingerprint density at radius 3 is 2.32 bits per heavy atom. The first-order valence-corrected chi connectivity index (χ1v) is 16.3. The van der Waals surface area contributed by atoms with Gasteiger partial charge in [0.25, 0.3) is 5.91 Å². The van der Waals surface area contributed by atoms with E-state index in [1.165, 1.54) is 32.1 Å². The summed E-state index contributed by atoms with van der Waals surface area (Å²) < 4.78 is 31.6. The van der Waals surface area contributed by atoms with Gasteiger partial charge in [-0.3, -0.25) is 4.79 Å². The fourth-order valence-electron chi connectivity index (χ4n) is 6.47. The molecule has 41 heavy (non-hydrogen) atoms. The number of nitrogens with zero attached hydrogens (tertiary/aromatic N) is 1. The fraction of sp³-hybridized carbons (Fsp3) is 0.485. The van der Waals surface area contributed by atoms with Crippen molar-refractivity contribution in [1.29, 1.82) is 0 Å². The van der Waals surface area contributed by atoms with E-state index < -0.39 is 15.6 Å². The van der Waals surface area contributed by atoms with Crippen LogP contribution in [0.2, 0.25) is 0 Å². The van der Waals surface area contributed by atoms with Gasteiger partial charge in [0, 0.05) is 41.2 Å². The molecule has 220 valence electrons. The molecule has 1 amide bonds. The van der Waals surface area contributed by atoms with E-state index in [-0.39, 0.29) is 28.5 Å². The van der Waals surface area contributed by atoms with E-state index in [9.17, 15) is 18.3 Å². The number of aromatic nitrogens is 1. The van der Waals surface area contributed by atoms with Crippen LogP contribution in [0.15, 0.2) is 59.7 Å². The predicted molar refractivity (Wildman–Crippen MR) is 164 cm³/mol. The lowest BCUT2D eigenvalue weighted by molar-refractivity contribution is 0.0875. The molecule has 2 aromatic carbocycles. The Bertz CT molecular complexity index is 1570. The molecular formula is C33H43N3O4S. The summed E-state index contributed by atoms with van der Waals surface area (Å²) in [5, 5.41) is 14.3. The van der Waals surface area contributed by atoms with Crippen LogP contribution in [0.5, 0.6) is 0 Å². The van der Waals surface area contributed by atoms with E-state index in [0.717, 1.165) is 28.6 Å². The van der Waals surface area contributed by atoms with Crippen LogP contribution < -0.4 is 10.0 Å². The lowest BCUT2D eigenvalue weighted by Gasteiger charge is -2.35. The Kier molecular flexibility index (Phi) is 8.09. The zero-order chi connectivity index (χ0) is 29.5. The summed E-state index contributed by atoms with van der Waals surface area (Å²) in [6.07, 6.45) is 8.34. The number of amides is 1. The molecule has 0 radical (unpaired) electrons. The highest BCUT2D eigenvalue weighted by Crippen LogP contribution is 2.39. The maximum Gasteiger partial charge on any atom is 0.268 e. The summed E-state index contributed by atoms with van der Waals surface area (Å²) in [5.41, 5.74) is 2.98. The van der Waals surface area contributed by atoms with Crippen molar-refractivity contribution in [3.8, 4) is 11.1 Å². The lowest BCUT2D eigenvalue weighted by Crippen LogP contribution is -2.45. The molecule has 1 aromatic heterocycles. The van der Waals surface area contributed by atoms with E-state index >= 15 is 0 Å². The van der Waals surface area contributed by atoms with Crippen LogP contribution >= 0.6 is 0 Å². The summed E-state index contributed by atoms with van der Waals surface area (Å²) >= 11 is 0. The molecule has 7 nitrogen and oxygen atoms in total. The molecule has 3 aromatic rings. The number of hydrogen-bond donors (Lipinski definition) is 3. The number of rotatable bonds is 8. The van der Waals surface area contributed by atoms with Crippen LogP contribution in [-0.4, -0.2) is 35.6 Å². The molecule has 2 fully saturated rings. The van der Waals surface area contributed by atoms with Crippen molar-refractivity contribution in [2.75, 3.05) is 0 Å². The number of allylic oxidation sites excluding steroid dienone is 1. The Morgan fingerprint density at radius 2 is 1.68 bits per heavy atom. The molecule has 2 aliphatic carbocycles. The van der Waals surface area contributed by atoms with Gasteiger partial charge in [-0.15, -0.1) is 0 Å². The molecule has 3 N–H and O–H groups in total. The zero-order valence-electron chi connectivity index (χ0n) is 24.7. The average Bonchev–Trinajstić information content (AvgIpc) is 3.19. The van der Waals surface area contributed by atoms with Crippen LogP contribution in [0.3, 0.4) is 0 Å². The highest BCUT2D eigenvalue weighted by molar-refractivity contribution is 7.89. The van der Waals surface area contributed by atoms with Crippen molar-refractivity contribution < 1.29 is 18.3 Å². The van der Waals surface area contributed by atoms with Crippen molar-refractivity contribution in [2.45, 2.75) is 88.6 Å². The number of carbonyl (C=O) groups is 1. The molecule has 0 saturated heterocycles. The normalized spacial score (nSPS) is 20.1. The van der Waals surface area contributed by atoms with Crippen LogP contribution in [0, 0.1) is 11.8 Å². The molecule has 0 atom stereocenters. The number of carbonyl (C=O) groups excluding carboxylic acids is 1. The number of aliphatic hydroxyl groups is 1. The molecule has 8 heteroatoms. The summed E-state index contributed by atoms with van der Waals surface area (Å²) in [7, 11) is -1.79. The fourth-order valence-corrected chi connectivity index (χ4v) is 8.10. The van der Waals surface area contributed by atoms with Crippen molar-refractivity contribution in [3.63, 3.8) is 0 Å². The second kappa shape index (κ2) is 11.3. The monoisotopic (exact) mass is 577 g/mol. The van der Waals surface area contributed by atoms with Gasteiger partial charge >= 0.3 is 0 Å². The molecule has 0 unspecified atom stereocenters. The molecule has 0 aliphatic heterocycles. The van der Waals surface area contributed by atoms with Gasteiger partial charge in [-0.1, -0.05) is 69.0 Å². The maximum absolute atomic E-state index is 13.5. The van der Waals surface area contributed by atoms with Gasteiger partial charge in [0.1, 0.15) is 5.69 Å². The third kappa shape index (κ3) is 6.24. The third-order valence-corrected chi connectivity index (χ3v) is 10.5. The first-order chi connectivity index (χ1) is 19.3. The molecule has 0 spiro atoms. The second-order valence-corrected chi connectivity index (χ2v) is 14.7. The second-order valence-electron chi connectivity index (χ2n) is 13.0. The van der Waals surface area contributed by atoms with Gasteiger partial charge in [-0.05, 0) is 69.0 Å². The number of benzene rings is 2. The quantitative estimate of drug-likeness (QED) is 0.262. The van der Waals surface area contributed by atoms with Crippen molar-refractivity contribution in [3.05, 3.63) is 66.2 Å². The molecule has 1 heterocycles. The van der Waals surface area contributed by atoms with Crippen LogP contribution in [-0.2, 0) is 23.5 Å². The largest absolute Gasteiger partial charge is 0.513 e. The van der Waals surface area contributed by atoms with E-state index in [1.54, 1.807) is 6.07 Å².